The van der Waals surface area contributed by atoms with E-state index in [2.05, 4.69) is 15.2 Å². The summed E-state index contributed by atoms with van der Waals surface area (Å²) in [6.07, 6.45) is 7.49. The van der Waals surface area contributed by atoms with Crippen LogP contribution < -0.4 is 10.2 Å². The summed E-state index contributed by atoms with van der Waals surface area (Å²) < 4.78 is 5.47. The molecule has 24 heavy (non-hydrogen) atoms. The summed E-state index contributed by atoms with van der Waals surface area (Å²) in [7, 11) is 0. The first-order valence-corrected chi connectivity index (χ1v) is 9.16. The maximum Gasteiger partial charge on any atom is 0.322 e. The molecule has 1 aromatic rings. The van der Waals surface area contributed by atoms with E-state index >= 15 is 0 Å². The minimum atomic E-state index is 0.0119. The molecule has 3 aliphatic rings. The molecule has 1 saturated carbocycles. The average molecular weight is 330 g/mol. The Hall–Kier alpha value is -1.82. The van der Waals surface area contributed by atoms with Crippen molar-refractivity contribution in [2.75, 3.05) is 43.1 Å². The number of anilines is 2. The van der Waals surface area contributed by atoms with Gasteiger partial charge in [0.2, 0.25) is 0 Å². The fraction of sp³-hybridized carbons (Fsp3) is 0.667. The Morgan fingerprint density at radius 1 is 1.33 bits per heavy atom. The number of aromatic nitrogens is 1. The number of pyridine rings is 1. The molecule has 1 aliphatic carbocycles. The quantitative estimate of drug-likeness (QED) is 0.902. The number of hydrogen-bond acceptors (Lipinski definition) is 4. The number of amides is 2. The molecular formula is C18H26N4O2. The maximum atomic E-state index is 12.9. The summed E-state index contributed by atoms with van der Waals surface area (Å²) in [5, 5.41) is 3.12. The lowest BCUT2D eigenvalue weighted by Gasteiger charge is -2.27. The molecule has 1 atom stereocenters. The largest absolute Gasteiger partial charge is 0.381 e. The van der Waals surface area contributed by atoms with Crippen molar-refractivity contribution in [2.24, 2.45) is 5.92 Å². The lowest BCUT2D eigenvalue weighted by molar-refractivity contribution is 0.167. The minimum Gasteiger partial charge on any atom is -0.381 e. The van der Waals surface area contributed by atoms with E-state index in [0.29, 0.717) is 12.0 Å². The molecule has 130 valence electrons. The highest BCUT2D eigenvalue weighted by Crippen LogP contribution is 2.31. The van der Waals surface area contributed by atoms with Gasteiger partial charge in [0.1, 0.15) is 0 Å². The number of urea groups is 1. The average Bonchev–Trinajstić information content (AvgIpc) is 3.08. The zero-order valence-electron chi connectivity index (χ0n) is 14.1. The topological polar surface area (TPSA) is 57.7 Å². The molecule has 4 rings (SSSR count). The van der Waals surface area contributed by atoms with Crippen molar-refractivity contribution in [3.8, 4) is 0 Å². The van der Waals surface area contributed by atoms with Crippen LogP contribution in [0.15, 0.2) is 18.3 Å². The Kier molecular flexibility index (Phi) is 4.56. The minimum absolute atomic E-state index is 0.0119. The van der Waals surface area contributed by atoms with E-state index in [1.165, 1.54) is 12.8 Å². The third kappa shape index (κ3) is 3.48. The van der Waals surface area contributed by atoms with Gasteiger partial charge in [-0.15, -0.1) is 0 Å². The normalized spacial score (nSPS) is 23.5. The second-order valence-electron chi connectivity index (χ2n) is 7.11. The number of carbonyl (C=O) groups excluding carboxylic acids is 1. The lowest BCUT2D eigenvalue weighted by Crippen LogP contribution is -2.40. The van der Waals surface area contributed by atoms with Crippen LogP contribution in [-0.2, 0) is 4.74 Å². The predicted molar refractivity (Wildman–Crippen MR) is 93.4 cm³/mol. The van der Waals surface area contributed by atoms with Crippen LogP contribution in [0.2, 0.25) is 0 Å². The SMILES string of the molecule is O=C(Nc1cccnc1N1CCCC1)N(C[C@H]1CCOC1)C1CC1. The molecule has 2 amide bonds. The fourth-order valence-corrected chi connectivity index (χ4v) is 3.65. The van der Waals surface area contributed by atoms with Gasteiger partial charge in [0.15, 0.2) is 5.82 Å². The summed E-state index contributed by atoms with van der Waals surface area (Å²) in [4.78, 5) is 21.7. The summed E-state index contributed by atoms with van der Waals surface area (Å²) in [6.45, 7) is 4.45. The van der Waals surface area contributed by atoms with E-state index in [0.717, 1.165) is 63.6 Å². The van der Waals surface area contributed by atoms with E-state index in [1.54, 1.807) is 6.20 Å². The number of nitrogens with zero attached hydrogens (tertiary/aromatic N) is 3. The van der Waals surface area contributed by atoms with Crippen LogP contribution in [0, 0.1) is 5.92 Å². The molecule has 6 heteroatoms. The number of ether oxygens (including phenoxy) is 1. The highest BCUT2D eigenvalue weighted by Gasteiger charge is 2.35. The fourth-order valence-electron chi connectivity index (χ4n) is 3.65. The number of hydrogen-bond donors (Lipinski definition) is 1. The van der Waals surface area contributed by atoms with Gasteiger partial charge in [0.05, 0.1) is 12.3 Å². The Labute approximate surface area is 143 Å². The molecule has 1 N–H and O–H groups in total. The van der Waals surface area contributed by atoms with Crippen molar-refractivity contribution in [1.82, 2.24) is 9.88 Å². The van der Waals surface area contributed by atoms with Gasteiger partial charge >= 0.3 is 6.03 Å². The summed E-state index contributed by atoms with van der Waals surface area (Å²) in [6, 6.07) is 4.26. The van der Waals surface area contributed by atoms with E-state index in [1.807, 2.05) is 17.0 Å². The van der Waals surface area contributed by atoms with E-state index in [4.69, 9.17) is 4.74 Å². The molecule has 6 nitrogen and oxygen atoms in total. The lowest BCUT2D eigenvalue weighted by atomic mass is 10.1. The summed E-state index contributed by atoms with van der Waals surface area (Å²) in [5.74, 6) is 1.38. The molecule has 3 heterocycles. The summed E-state index contributed by atoms with van der Waals surface area (Å²) >= 11 is 0. The van der Waals surface area contributed by atoms with Crippen LogP contribution in [0.1, 0.15) is 32.1 Å². The first kappa shape index (κ1) is 15.7. The zero-order chi connectivity index (χ0) is 16.4. The highest BCUT2D eigenvalue weighted by molar-refractivity contribution is 5.92. The van der Waals surface area contributed by atoms with E-state index < -0.39 is 0 Å². The molecule has 1 aromatic heterocycles. The van der Waals surface area contributed by atoms with Gasteiger partial charge in [0.25, 0.3) is 0 Å². The van der Waals surface area contributed by atoms with Crippen molar-refractivity contribution < 1.29 is 9.53 Å². The number of rotatable bonds is 5. The number of carbonyl (C=O) groups is 1. The maximum absolute atomic E-state index is 12.9. The Bertz CT molecular complexity index is 578. The molecule has 0 spiro atoms. The summed E-state index contributed by atoms with van der Waals surface area (Å²) in [5.41, 5.74) is 0.831. The third-order valence-corrected chi connectivity index (χ3v) is 5.16. The molecule has 0 unspecified atom stereocenters. The van der Waals surface area contributed by atoms with Crippen LogP contribution >= 0.6 is 0 Å². The second-order valence-corrected chi connectivity index (χ2v) is 7.11. The monoisotopic (exact) mass is 330 g/mol. The van der Waals surface area contributed by atoms with Crippen molar-refractivity contribution in [2.45, 2.75) is 38.1 Å². The first-order chi connectivity index (χ1) is 11.8. The molecular weight excluding hydrogens is 304 g/mol. The van der Waals surface area contributed by atoms with Crippen molar-refractivity contribution in [3.63, 3.8) is 0 Å². The standard InChI is InChI=1S/C18H26N4O2/c23-18(22(15-5-6-15)12-14-7-11-24-13-14)20-16-4-3-8-19-17(16)21-9-1-2-10-21/h3-4,8,14-15H,1-2,5-7,9-13H2,(H,20,23)/t14-/m1/s1. The van der Waals surface area contributed by atoms with E-state index in [-0.39, 0.29) is 6.03 Å². The predicted octanol–water partition coefficient (Wildman–Crippen LogP) is 2.71. The van der Waals surface area contributed by atoms with E-state index in [9.17, 15) is 4.79 Å². The van der Waals surface area contributed by atoms with Gasteiger partial charge in [-0.2, -0.15) is 0 Å². The molecule has 2 saturated heterocycles. The van der Waals surface area contributed by atoms with Gasteiger partial charge in [0, 0.05) is 44.4 Å². The molecule has 0 aromatic carbocycles. The number of nitrogens with one attached hydrogen (secondary N) is 1. The van der Waals surface area contributed by atoms with Crippen molar-refractivity contribution in [1.29, 1.82) is 0 Å². The zero-order valence-corrected chi connectivity index (χ0v) is 14.1. The first-order valence-electron chi connectivity index (χ1n) is 9.16. The van der Waals surface area contributed by atoms with Crippen LogP contribution in [0.3, 0.4) is 0 Å². The van der Waals surface area contributed by atoms with Crippen LogP contribution in [0.25, 0.3) is 0 Å². The smallest absolute Gasteiger partial charge is 0.322 e. The Morgan fingerprint density at radius 2 is 2.17 bits per heavy atom. The second kappa shape index (κ2) is 6.97. The van der Waals surface area contributed by atoms with Gasteiger partial charge < -0.3 is 19.9 Å². The Morgan fingerprint density at radius 3 is 2.88 bits per heavy atom. The highest BCUT2D eigenvalue weighted by atomic mass is 16.5. The van der Waals surface area contributed by atoms with Gasteiger partial charge in [-0.3, -0.25) is 0 Å². The molecule has 3 fully saturated rings. The third-order valence-electron chi connectivity index (χ3n) is 5.16. The van der Waals surface area contributed by atoms with Crippen LogP contribution in [0.4, 0.5) is 16.3 Å². The molecule has 0 radical (unpaired) electrons. The van der Waals surface area contributed by atoms with Crippen LogP contribution in [0.5, 0.6) is 0 Å². The van der Waals surface area contributed by atoms with Gasteiger partial charge in [-0.25, -0.2) is 9.78 Å². The van der Waals surface area contributed by atoms with Gasteiger partial charge in [-0.05, 0) is 44.2 Å². The molecule has 0 bridgehead atoms. The van der Waals surface area contributed by atoms with Crippen LogP contribution in [-0.4, -0.2) is 54.8 Å². The Balaban J connectivity index is 1.46. The van der Waals surface area contributed by atoms with Crippen molar-refractivity contribution >= 4 is 17.5 Å². The molecule has 2 aliphatic heterocycles. The van der Waals surface area contributed by atoms with Gasteiger partial charge in [-0.1, -0.05) is 0 Å². The van der Waals surface area contributed by atoms with Crippen molar-refractivity contribution in [3.05, 3.63) is 18.3 Å².